The van der Waals surface area contributed by atoms with E-state index in [4.69, 9.17) is 10.5 Å². The summed E-state index contributed by atoms with van der Waals surface area (Å²) >= 11 is 3.44. The van der Waals surface area contributed by atoms with Gasteiger partial charge >= 0.3 is 0 Å². The van der Waals surface area contributed by atoms with Crippen molar-refractivity contribution in [3.05, 3.63) is 28.2 Å². The van der Waals surface area contributed by atoms with Crippen molar-refractivity contribution in [3.8, 4) is 12.1 Å². The number of rotatable bonds is 6. The summed E-state index contributed by atoms with van der Waals surface area (Å²) in [5.74, 6) is -0.676. The summed E-state index contributed by atoms with van der Waals surface area (Å²) in [5.41, 5.74) is 1.80. The number of hydrogen-bond acceptors (Lipinski definition) is 4. The van der Waals surface area contributed by atoms with Crippen LogP contribution >= 0.6 is 15.9 Å². The highest BCUT2D eigenvalue weighted by Gasteiger charge is 2.37. The predicted octanol–water partition coefficient (Wildman–Crippen LogP) is 2.77. The Bertz CT molecular complexity index is 732. The fraction of sp³-hybridized carbons (Fsp3) is 0.444. The van der Waals surface area contributed by atoms with Crippen LogP contribution in [-0.2, 0) is 9.59 Å². The summed E-state index contributed by atoms with van der Waals surface area (Å²) in [6.45, 7) is 2.86. The smallest absolute Gasteiger partial charge is 0.228 e. The fourth-order valence-corrected chi connectivity index (χ4v) is 3.13. The summed E-state index contributed by atoms with van der Waals surface area (Å²) in [7, 11) is 0. The van der Waals surface area contributed by atoms with Crippen LogP contribution < -0.4 is 4.90 Å². The van der Waals surface area contributed by atoms with Crippen molar-refractivity contribution in [1.29, 1.82) is 10.5 Å². The van der Waals surface area contributed by atoms with E-state index in [0.717, 1.165) is 15.7 Å². The molecule has 1 saturated heterocycles. The van der Waals surface area contributed by atoms with E-state index in [9.17, 15) is 9.59 Å². The first-order valence-corrected chi connectivity index (χ1v) is 8.86. The van der Waals surface area contributed by atoms with E-state index in [1.54, 1.807) is 4.90 Å². The number of anilines is 1. The van der Waals surface area contributed by atoms with Gasteiger partial charge in [-0.15, -0.1) is 0 Å². The van der Waals surface area contributed by atoms with Crippen molar-refractivity contribution < 1.29 is 9.59 Å². The molecule has 1 fully saturated rings. The third kappa shape index (κ3) is 4.58. The van der Waals surface area contributed by atoms with Crippen LogP contribution in [0.15, 0.2) is 22.7 Å². The molecule has 1 aromatic rings. The quantitative estimate of drug-likeness (QED) is 0.731. The van der Waals surface area contributed by atoms with Gasteiger partial charge in [-0.2, -0.15) is 10.5 Å². The Morgan fingerprint density at radius 3 is 2.52 bits per heavy atom. The molecule has 1 unspecified atom stereocenters. The first-order chi connectivity index (χ1) is 12.0. The van der Waals surface area contributed by atoms with Crippen LogP contribution in [-0.4, -0.2) is 36.3 Å². The van der Waals surface area contributed by atoms with E-state index < -0.39 is 5.92 Å². The van der Waals surface area contributed by atoms with Gasteiger partial charge in [-0.05, 0) is 30.7 Å². The molecule has 1 heterocycles. The zero-order chi connectivity index (χ0) is 18.4. The highest BCUT2D eigenvalue weighted by Crippen LogP contribution is 2.29. The van der Waals surface area contributed by atoms with Crippen molar-refractivity contribution in [2.24, 2.45) is 5.92 Å². The van der Waals surface area contributed by atoms with Gasteiger partial charge < -0.3 is 9.80 Å². The molecule has 1 atom stereocenters. The standard InChI is InChI=1S/C18H19BrN4O2/c1-13-10-15(4-5-16(13)19)23-12-14(11-17(23)24)18(25)22(8-2-6-20)9-3-7-21/h4-5,10,14H,2-3,8-9,11-12H2,1H3. The lowest BCUT2D eigenvalue weighted by Gasteiger charge is -2.24. The zero-order valence-corrected chi connectivity index (χ0v) is 15.6. The molecular weight excluding hydrogens is 384 g/mol. The van der Waals surface area contributed by atoms with Crippen LogP contribution in [0.4, 0.5) is 5.69 Å². The minimum Gasteiger partial charge on any atom is -0.340 e. The molecule has 6 nitrogen and oxygen atoms in total. The zero-order valence-electron chi connectivity index (χ0n) is 14.0. The molecule has 0 bridgehead atoms. The summed E-state index contributed by atoms with van der Waals surface area (Å²) in [6, 6.07) is 9.69. The third-order valence-electron chi connectivity index (χ3n) is 4.23. The molecule has 130 valence electrons. The van der Waals surface area contributed by atoms with E-state index in [1.807, 2.05) is 37.3 Å². The summed E-state index contributed by atoms with van der Waals surface area (Å²) in [4.78, 5) is 28.3. The lowest BCUT2D eigenvalue weighted by molar-refractivity contribution is -0.135. The van der Waals surface area contributed by atoms with Crippen molar-refractivity contribution >= 4 is 33.4 Å². The number of halogens is 1. The maximum atomic E-state index is 12.7. The largest absolute Gasteiger partial charge is 0.340 e. The molecule has 2 rings (SSSR count). The Morgan fingerprint density at radius 1 is 1.32 bits per heavy atom. The Kier molecular flexibility index (Phi) is 6.55. The van der Waals surface area contributed by atoms with Crippen LogP contribution in [0.2, 0.25) is 0 Å². The predicted molar refractivity (Wildman–Crippen MR) is 96.4 cm³/mol. The van der Waals surface area contributed by atoms with Gasteiger partial charge in [-0.3, -0.25) is 9.59 Å². The third-order valence-corrected chi connectivity index (χ3v) is 5.12. The number of hydrogen-bond donors (Lipinski definition) is 0. The molecular formula is C18H19BrN4O2. The lowest BCUT2D eigenvalue weighted by atomic mass is 10.1. The second-order valence-electron chi connectivity index (χ2n) is 5.98. The van der Waals surface area contributed by atoms with Crippen LogP contribution in [0.5, 0.6) is 0 Å². The average Bonchev–Trinajstić information content (AvgIpc) is 2.99. The molecule has 0 radical (unpaired) electrons. The number of aryl methyl sites for hydroxylation is 1. The van der Waals surface area contributed by atoms with E-state index in [2.05, 4.69) is 15.9 Å². The molecule has 1 aliphatic heterocycles. The molecule has 2 amide bonds. The van der Waals surface area contributed by atoms with Crippen LogP contribution in [0, 0.1) is 35.5 Å². The van der Waals surface area contributed by atoms with E-state index >= 15 is 0 Å². The fourth-order valence-electron chi connectivity index (χ4n) is 2.88. The van der Waals surface area contributed by atoms with Gasteiger partial charge in [0.05, 0.1) is 30.9 Å². The number of carbonyl (C=O) groups is 2. The monoisotopic (exact) mass is 402 g/mol. The molecule has 0 saturated carbocycles. The molecule has 1 aromatic carbocycles. The van der Waals surface area contributed by atoms with Gasteiger partial charge in [0.15, 0.2) is 0 Å². The van der Waals surface area contributed by atoms with Gasteiger partial charge in [-0.25, -0.2) is 0 Å². The number of carbonyl (C=O) groups excluding carboxylic acids is 2. The molecule has 0 aromatic heterocycles. The first kappa shape index (κ1) is 19.0. The SMILES string of the molecule is Cc1cc(N2CC(C(=O)N(CCC#N)CCC#N)CC2=O)ccc1Br. The average molecular weight is 403 g/mol. The van der Waals surface area contributed by atoms with Gasteiger partial charge in [0.25, 0.3) is 0 Å². The lowest BCUT2D eigenvalue weighted by Crippen LogP contribution is -2.38. The highest BCUT2D eigenvalue weighted by atomic mass is 79.9. The number of nitrogens with zero attached hydrogens (tertiary/aromatic N) is 4. The Labute approximate surface area is 155 Å². The van der Waals surface area contributed by atoms with Gasteiger partial charge in [0.1, 0.15) is 0 Å². The van der Waals surface area contributed by atoms with E-state index in [-0.39, 0.29) is 31.1 Å². The normalized spacial score (nSPS) is 16.4. The van der Waals surface area contributed by atoms with Crippen molar-refractivity contribution in [2.75, 3.05) is 24.5 Å². The summed E-state index contributed by atoms with van der Waals surface area (Å²) in [6.07, 6.45) is 0.588. The van der Waals surface area contributed by atoms with Crippen molar-refractivity contribution in [3.63, 3.8) is 0 Å². The Morgan fingerprint density at radius 2 is 1.96 bits per heavy atom. The van der Waals surface area contributed by atoms with E-state index in [1.165, 1.54) is 4.90 Å². The second kappa shape index (κ2) is 8.64. The first-order valence-electron chi connectivity index (χ1n) is 8.07. The summed E-state index contributed by atoms with van der Waals surface area (Å²) in [5, 5.41) is 17.5. The highest BCUT2D eigenvalue weighted by molar-refractivity contribution is 9.10. The number of benzene rings is 1. The maximum Gasteiger partial charge on any atom is 0.228 e. The van der Waals surface area contributed by atoms with Crippen LogP contribution in [0.3, 0.4) is 0 Å². The summed E-state index contributed by atoms with van der Waals surface area (Å²) < 4.78 is 0.967. The Hall–Kier alpha value is -2.38. The van der Waals surface area contributed by atoms with Gasteiger partial charge in [-0.1, -0.05) is 15.9 Å². The molecule has 0 N–H and O–H groups in total. The van der Waals surface area contributed by atoms with Crippen molar-refractivity contribution in [1.82, 2.24) is 4.90 Å². The second-order valence-corrected chi connectivity index (χ2v) is 6.83. The molecule has 7 heteroatoms. The van der Waals surface area contributed by atoms with Crippen LogP contribution in [0.25, 0.3) is 0 Å². The molecule has 0 aliphatic carbocycles. The van der Waals surface area contributed by atoms with Crippen LogP contribution in [0.1, 0.15) is 24.8 Å². The maximum absolute atomic E-state index is 12.7. The topological polar surface area (TPSA) is 88.2 Å². The molecule has 25 heavy (non-hydrogen) atoms. The van der Waals surface area contributed by atoms with Gasteiger partial charge in [0.2, 0.25) is 11.8 Å². The Balaban J connectivity index is 2.11. The van der Waals surface area contributed by atoms with E-state index in [0.29, 0.717) is 19.6 Å². The minimum atomic E-state index is -0.436. The van der Waals surface area contributed by atoms with Crippen molar-refractivity contribution in [2.45, 2.75) is 26.2 Å². The minimum absolute atomic E-state index is 0.0828. The number of nitriles is 2. The molecule has 0 spiro atoms. The number of amides is 2. The van der Waals surface area contributed by atoms with Gasteiger partial charge in [0, 0.05) is 36.2 Å². The molecule has 1 aliphatic rings.